The fourth-order valence-electron chi connectivity index (χ4n) is 1.00. The molecule has 0 aromatic carbocycles. The van der Waals surface area contributed by atoms with Gasteiger partial charge in [-0.25, -0.2) is 19.1 Å². The van der Waals surface area contributed by atoms with E-state index in [1.54, 1.807) is 0 Å². The third-order valence-corrected chi connectivity index (χ3v) is 1.94. The zero-order valence-electron chi connectivity index (χ0n) is 7.54. The number of carboxylic acid groups (broad SMARTS) is 1. The first kappa shape index (κ1) is 12.9. The van der Waals surface area contributed by atoms with E-state index in [9.17, 15) is 13.6 Å². The van der Waals surface area contributed by atoms with E-state index in [1.807, 2.05) is 0 Å². The molecule has 0 radical (unpaired) electrons. The zero-order valence-corrected chi connectivity index (χ0v) is 7.54. The van der Waals surface area contributed by atoms with Crippen molar-refractivity contribution in [3.05, 3.63) is 0 Å². The minimum absolute atomic E-state index is 0.218. The number of alkyl halides is 2. The van der Waals surface area contributed by atoms with Gasteiger partial charge in [-0.3, -0.25) is 0 Å². The quantitative estimate of drug-likeness (QED) is 0.434. The number of carboxylic acids is 1. The minimum Gasteiger partial charge on any atom is -0.479 e. The number of carbonyl (C=O) groups is 1. The Morgan fingerprint density at radius 2 is 2.14 bits per heavy atom. The Morgan fingerprint density at radius 3 is 2.43 bits per heavy atom. The zero-order chi connectivity index (χ0) is 11.2. The Labute approximate surface area is 79.8 Å². The topological polar surface area (TPSA) is 99.5 Å². The normalized spacial score (nSPS) is 15.1. The van der Waals surface area contributed by atoms with Crippen LogP contribution in [0.4, 0.5) is 8.78 Å². The lowest BCUT2D eigenvalue weighted by atomic mass is 9.94. The third kappa shape index (κ3) is 2.69. The number of halogens is 2. The molecule has 0 aliphatic heterocycles. The van der Waals surface area contributed by atoms with Gasteiger partial charge in [-0.15, -0.1) is 0 Å². The molecule has 7 heteroatoms. The van der Waals surface area contributed by atoms with Crippen molar-refractivity contribution in [3.63, 3.8) is 0 Å². The SMILES string of the molecule is N=NC(CCCCN)(C(=O)O)C(F)F. The summed E-state index contributed by atoms with van der Waals surface area (Å²) in [5, 5.41) is 11.1. The number of unbranched alkanes of at least 4 members (excludes halogenated alkanes) is 1. The molecule has 4 N–H and O–H groups in total. The number of hydrogen-bond acceptors (Lipinski definition) is 4. The van der Waals surface area contributed by atoms with Gasteiger partial charge < -0.3 is 10.8 Å². The first-order chi connectivity index (χ1) is 6.51. The Morgan fingerprint density at radius 1 is 1.57 bits per heavy atom. The monoisotopic (exact) mass is 209 g/mol. The number of nitrogens with two attached hydrogens (primary N) is 1. The molecule has 0 saturated carbocycles. The molecule has 0 spiro atoms. The van der Waals surface area contributed by atoms with Gasteiger partial charge in [0.2, 0.25) is 5.54 Å². The van der Waals surface area contributed by atoms with E-state index >= 15 is 0 Å². The molecule has 82 valence electrons. The second-order valence-electron chi connectivity index (χ2n) is 2.89. The van der Waals surface area contributed by atoms with E-state index in [2.05, 4.69) is 5.11 Å². The number of rotatable bonds is 7. The van der Waals surface area contributed by atoms with Gasteiger partial charge in [-0.05, 0) is 25.8 Å². The second kappa shape index (κ2) is 5.58. The van der Waals surface area contributed by atoms with Crippen molar-refractivity contribution in [1.82, 2.24) is 0 Å². The minimum atomic E-state index is -3.17. The van der Waals surface area contributed by atoms with E-state index in [4.69, 9.17) is 16.4 Å². The fraction of sp³-hybridized carbons (Fsp3) is 0.857. The Balaban J connectivity index is 4.51. The van der Waals surface area contributed by atoms with Crippen molar-refractivity contribution in [1.29, 1.82) is 5.53 Å². The van der Waals surface area contributed by atoms with Crippen LogP contribution < -0.4 is 5.73 Å². The van der Waals surface area contributed by atoms with Crippen LogP contribution in [0.1, 0.15) is 19.3 Å². The maximum atomic E-state index is 12.4. The van der Waals surface area contributed by atoms with Gasteiger partial charge in [0.05, 0.1) is 0 Å². The van der Waals surface area contributed by atoms with Crippen LogP contribution in [-0.4, -0.2) is 29.6 Å². The van der Waals surface area contributed by atoms with Crippen LogP contribution in [-0.2, 0) is 4.79 Å². The van der Waals surface area contributed by atoms with Crippen molar-refractivity contribution < 1.29 is 18.7 Å². The van der Waals surface area contributed by atoms with E-state index in [0.29, 0.717) is 13.0 Å². The fourth-order valence-corrected chi connectivity index (χ4v) is 1.00. The predicted octanol–water partition coefficient (Wildman–Crippen LogP) is 1.23. The summed E-state index contributed by atoms with van der Waals surface area (Å²) in [6.07, 6.45) is -2.87. The first-order valence-electron chi connectivity index (χ1n) is 4.11. The molecule has 0 fully saturated rings. The molecule has 0 saturated heterocycles. The summed E-state index contributed by atoms with van der Waals surface area (Å²) in [6.45, 7) is 0.303. The molecule has 0 amide bonds. The van der Waals surface area contributed by atoms with Crippen LogP contribution in [0.15, 0.2) is 5.11 Å². The van der Waals surface area contributed by atoms with Crippen molar-refractivity contribution >= 4 is 5.97 Å². The standard InChI is InChI=1S/C7H13F2N3O2/c8-5(9)7(12-11,6(13)14)3-1-2-4-10/h5,11H,1-4,10H2,(H,13,14). The first-order valence-corrected chi connectivity index (χ1v) is 4.11. The summed E-state index contributed by atoms with van der Waals surface area (Å²) in [5.41, 5.74) is 9.09. The van der Waals surface area contributed by atoms with Gasteiger partial charge in [0.15, 0.2) is 0 Å². The van der Waals surface area contributed by atoms with E-state index in [-0.39, 0.29) is 12.8 Å². The van der Waals surface area contributed by atoms with Crippen LogP contribution in [0.25, 0.3) is 0 Å². The summed E-state index contributed by atoms with van der Waals surface area (Å²) in [7, 11) is 0. The highest BCUT2D eigenvalue weighted by molar-refractivity contribution is 5.79. The van der Waals surface area contributed by atoms with Gasteiger partial charge in [-0.1, -0.05) is 0 Å². The Hall–Kier alpha value is -1.11. The Bertz CT molecular complexity index is 213. The van der Waals surface area contributed by atoms with E-state index in [1.165, 1.54) is 0 Å². The molecular formula is C7H13F2N3O2. The average Bonchev–Trinajstić information content (AvgIpc) is 2.11. The van der Waals surface area contributed by atoms with Gasteiger partial charge in [0.1, 0.15) is 0 Å². The summed E-state index contributed by atoms with van der Waals surface area (Å²) in [6, 6.07) is 0. The van der Waals surface area contributed by atoms with Crippen molar-refractivity contribution in [2.24, 2.45) is 10.8 Å². The number of nitrogens with zero attached hydrogens (tertiary/aromatic N) is 1. The van der Waals surface area contributed by atoms with Crippen LogP contribution in [0, 0.1) is 5.53 Å². The highest BCUT2D eigenvalue weighted by Gasteiger charge is 2.47. The molecule has 1 unspecified atom stereocenters. The average molecular weight is 209 g/mol. The largest absolute Gasteiger partial charge is 0.479 e. The molecule has 1 atom stereocenters. The molecule has 0 heterocycles. The molecule has 0 rings (SSSR count). The third-order valence-electron chi connectivity index (χ3n) is 1.94. The maximum absolute atomic E-state index is 12.4. The molecule has 0 aromatic rings. The van der Waals surface area contributed by atoms with Crippen molar-refractivity contribution in [3.8, 4) is 0 Å². The highest BCUT2D eigenvalue weighted by Crippen LogP contribution is 2.27. The summed E-state index contributed by atoms with van der Waals surface area (Å²) in [4.78, 5) is 10.6. The lowest BCUT2D eigenvalue weighted by molar-refractivity contribution is -0.150. The van der Waals surface area contributed by atoms with Gasteiger partial charge in [0, 0.05) is 0 Å². The molecule has 0 aliphatic rings. The smallest absolute Gasteiger partial charge is 0.339 e. The molecule has 0 aromatic heterocycles. The van der Waals surface area contributed by atoms with Gasteiger partial charge in [0.25, 0.3) is 6.43 Å². The molecule has 0 bridgehead atoms. The summed E-state index contributed by atoms with van der Waals surface area (Å²) < 4.78 is 24.8. The number of hydrogen-bond donors (Lipinski definition) is 3. The van der Waals surface area contributed by atoms with E-state index < -0.39 is 17.9 Å². The van der Waals surface area contributed by atoms with Gasteiger partial charge in [-0.2, -0.15) is 5.11 Å². The molecule has 14 heavy (non-hydrogen) atoms. The van der Waals surface area contributed by atoms with Crippen LogP contribution >= 0.6 is 0 Å². The lowest BCUT2D eigenvalue weighted by Crippen LogP contribution is -2.43. The molecule has 5 nitrogen and oxygen atoms in total. The Kier molecular flexibility index (Phi) is 5.14. The molecular weight excluding hydrogens is 196 g/mol. The lowest BCUT2D eigenvalue weighted by Gasteiger charge is -2.21. The van der Waals surface area contributed by atoms with Gasteiger partial charge >= 0.3 is 5.97 Å². The van der Waals surface area contributed by atoms with E-state index in [0.717, 1.165) is 0 Å². The number of nitrogens with one attached hydrogen (secondary N) is 1. The van der Waals surface area contributed by atoms with Crippen molar-refractivity contribution in [2.75, 3.05) is 6.54 Å². The maximum Gasteiger partial charge on any atom is 0.339 e. The highest BCUT2D eigenvalue weighted by atomic mass is 19.3. The predicted molar refractivity (Wildman–Crippen MR) is 44.4 cm³/mol. The summed E-state index contributed by atoms with van der Waals surface area (Å²) in [5.74, 6) is -1.76. The van der Waals surface area contributed by atoms with Crippen LogP contribution in [0.3, 0.4) is 0 Å². The molecule has 0 aliphatic carbocycles. The van der Waals surface area contributed by atoms with Crippen LogP contribution in [0.2, 0.25) is 0 Å². The summed E-state index contributed by atoms with van der Waals surface area (Å²) >= 11 is 0. The second-order valence-corrected chi connectivity index (χ2v) is 2.89. The van der Waals surface area contributed by atoms with Crippen LogP contribution in [0.5, 0.6) is 0 Å². The number of aliphatic carboxylic acids is 1. The van der Waals surface area contributed by atoms with Crippen molar-refractivity contribution in [2.45, 2.75) is 31.2 Å².